The van der Waals surface area contributed by atoms with E-state index in [1.165, 1.54) is 0 Å². The van der Waals surface area contributed by atoms with Crippen molar-refractivity contribution in [2.75, 3.05) is 4.90 Å². The lowest BCUT2D eigenvalue weighted by Gasteiger charge is -2.24. The van der Waals surface area contributed by atoms with Crippen LogP contribution in [0.3, 0.4) is 0 Å². The Morgan fingerprint density at radius 2 is 1.86 bits per heavy atom. The van der Waals surface area contributed by atoms with E-state index in [9.17, 15) is 4.79 Å². The Morgan fingerprint density at radius 3 is 2.67 bits per heavy atom. The second-order valence-corrected chi connectivity index (χ2v) is 5.40. The number of nitrogens with zero attached hydrogens (tertiary/aromatic N) is 2. The van der Waals surface area contributed by atoms with Crippen LogP contribution in [0.4, 0.5) is 11.4 Å². The minimum atomic E-state index is -0.213. The van der Waals surface area contributed by atoms with Gasteiger partial charge < -0.3 is 0 Å². The van der Waals surface area contributed by atoms with Gasteiger partial charge >= 0.3 is 0 Å². The first-order valence-electron chi connectivity index (χ1n) is 6.77. The summed E-state index contributed by atoms with van der Waals surface area (Å²) in [7, 11) is 0. The van der Waals surface area contributed by atoms with Crippen molar-refractivity contribution in [1.82, 2.24) is 0 Å². The molecule has 1 aliphatic heterocycles. The minimum Gasteiger partial charge on any atom is -0.280 e. The quantitative estimate of drug-likeness (QED) is 0.798. The Hall–Kier alpha value is -2.31. The minimum absolute atomic E-state index is 0.142. The van der Waals surface area contributed by atoms with Crippen molar-refractivity contribution in [2.24, 2.45) is 0 Å². The van der Waals surface area contributed by atoms with Gasteiger partial charge in [-0.05, 0) is 48.2 Å². The van der Waals surface area contributed by atoms with E-state index >= 15 is 0 Å². The topological polar surface area (TPSA) is 44.1 Å². The summed E-state index contributed by atoms with van der Waals surface area (Å²) in [4.78, 5) is 14.1. The molecule has 1 aliphatic rings. The number of para-hydroxylation sites is 1. The van der Waals surface area contributed by atoms with Crippen LogP contribution in [0.1, 0.15) is 17.5 Å². The first-order chi connectivity index (χ1) is 10.2. The number of benzene rings is 2. The first-order valence-corrected chi connectivity index (χ1v) is 7.15. The van der Waals surface area contributed by atoms with Crippen LogP contribution in [0.15, 0.2) is 42.5 Å². The molecule has 21 heavy (non-hydrogen) atoms. The molecule has 2 aromatic carbocycles. The molecule has 1 amide bonds. The number of fused-ring (bicyclic) bond motifs is 2. The number of amides is 1. The van der Waals surface area contributed by atoms with Crippen molar-refractivity contribution in [1.29, 1.82) is 5.26 Å². The van der Waals surface area contributed by atoms with E-state index in [2.05, 4.69) is 0 Å². The summed E-state index contributed by atoms with van der Waals surface area (Å²) in [5.41, 5.74) is 3.82. The molecule has 2 aromatic rings. The van der Waals surface area contributed by atoms with Crippen LogP contribution in [-0.2, 0) is 17.6 Å². The lowest BCUT2D eigenvalue weighted by molar-refractivity contribution is -0.117. The van der Waals surface area contributed by atoms with Crippen LogP contribution in [-0.4, -0.2) is 5.91 Å². The summed E-state index contributed by atoms with van der Waals surface area (Å²) in [5, 5.41) is 9.52. The lowest BCUT2D eigenvalue weighted by Crippen LogP contribution is -2.26. The average molecular weight is 297 g/mol. The first kappa shape index (κ1) is 13.7. The predicted octanol–water partition coefficient (Wildman–Crippen LogP) is 4.02. The highest BCUT2D eigenvalue weighted by atomic mass is 35.5. The molecule has 0 aromatic heterocycles. The van der Waals surface area contributed by atoms with Crippen molar-refractivity contribution >= 4 is 28.9 Å². The van der Waals surface area contributed by atoms with Gasteiger partial charge in [-0.25, -0.2) is 0 Å². The second-order valence-electron chi connectivity index (χ2n) is 4.97. The molecule has 0 saturated heterocycles. The fourth-order valence-corrected chi connectivity index (χ4v) is 2.92. The van der Waals surface area contributed by atoms with E-state index in [-0.39, 0.29) is 12.3 Å². The zero-order chi connectivity index (χ0) is 14.8. The Labute approximate surface area is 128 Å². The molecule has 0 saturated carbocycles. The van der Waals surface area contributed by atoms with Crippen molar-refractivity contribution in [3.05, 3.63) is 58.6 Å². The molecule has 0 fully saturated rings. The molecule has 3 rings (SSSR count). The van der Waals surface area contributed by atoms with Gasteiger partial charge in [-0.2, -0.15) is 5.26 Å². The summed E-state index contributed by atoms with van der Waals surface area (Å²) in [6, 6.07) is 15.3. The number of halogens is 1. The second kappa shape index (κ2) is 5.59. The van der Waals surface area contributed by atoms with Crippen LogP contribution in [0.5, 0.6) is 0 Å². The van der Waals surface area contributed by atoms with Gasteiger partial charge in [0.05, 0.1) is 17.4 Å². The SMILES string of the molecule is N#CCC(=O)N1c2ccccc2CCc2cc(Cl)ccc21. The summed E-state index contributed by atoms with van der Waals surface area (Å²) < 4.78 is 0. The van der Waals surface area contributed by atoms with Crippen LogP contribution < -0.4 is 4.90 Å². The monoisotopic (exact) mass is 296 g/mol. The zero-order valence-electron chi connectivity index (χ0n) is 11.3. The Morgan fingerprint density at radius 1 is 1.14 bits per heavy atom. The largest absolute Gasteiger partial charge is 0.280 e. The van der Waals surface area contributed by atoms with Crippen molar-refractivity contribution < 1.29 is 4.79 Å². The van der Waals surface area contributed by atoms with E-state index in [0.717, 1.165) is 35.3 Å². The molecular formula is C17H13ClN2O. The molecule has 104 valence electrons. The van der Waals surface area contributed by atoms with E-state index < -0.39 is 0 Å². The van der Waals surface area contributed by atoms with Gasteiger partial charge in [-0.15, -0.1) is 0 Å². The third-order valence-corrected chi connectivity index (χ3v) is 3.89. The molecule has 4 heteroatoms. The summed E-state index contributed by atoms with van der Waals surface area (Å²) >= 11 is 6.07. The number of carbonyl (C=O) groups excluding carboxylic acids is 1. The average Bonchev–Trinajstić information content (AvgIpc) is 2.64. The highest BCUT2D eigenvalue weighted by Crippen LogP contribution is 2.37. The van der Waals surface area contributed by atoms with Crippen LogP contribution in [0.25, 0.3) is 0 Å². The maximum Gasteiger partial charge on any atom is 0.245 e. The predicted molar refractivity (Wildman–Crippen MR) is 82.7 cm³/mol. The van der Waals surface area contributed by atoms with Gasteiger partial charge in [-0.3, -0.25) is 9.69 Å². The lowest BCUT2D eigenvalue weighted by atomic mass is 10.0. The van der Waals surface area contributed by atoms with E-state index in [0.29, 0.717) is 5.02 Å². The molecular weight excluding hydrogens is 284 g/mol. The van der Waals surface area contributed by atoms with E-state index in [1.807, 2.05) is 42.5 Å². The molecule has 0 unspecified atom stereocenters. The summed E-state index contributed by atoms with van der Waals surface area (Å²) in [5.74, 6) is -0.213. The van der Waals surface area contributed by atoms with Crippen LogP contribution in [0.2, 0.25) is 5.02 Å². The molecule has 0 atom stereocenters. The van der Waals surface area contributed by atoms with Crippen molar-refractivity contribution in [2.45, 2.75) is 19.3 Å². The normalized spacial score (nSPS) is 12.9. The van der Waals surface area contributed by atoms with Crippen LogP contribution in [0, 0.1) is 11.3 Å². The highest BCUT2D eigenvalue weighted by molar-refractivity contribution is 6.30. The number of nitriles is 1. The maximum atomic E-state index is 12.4. The maximum absolute atomic E-state index is 12.4. The van der Waals surface area contributed by atoms with Gasteiger partial charge in [-0.1, -0.05) is 29.8 Å². The number of rotatable bonds is 1. The molecule has 0 radical (unpaired) electrons. The number of anilines is 2. The molecule has 0 bridgehead atoms. The third kappa shape index (κ3) is 2.51. The molecule has 0 aliphatic carbocycles. The fraction of sp³-hybridized carbons (Fsp3) is 0.176. The van der Waals surface area contributed by atoms with Gasteiger partial charge in [0.1, 0.15) is 6.42 Å². The van der Waals surface area contributed by atoms with Gasteiger partial charge in [0.15, 0.2) is 0 Å². The smallest absolute Gasteiger partial charge is 0.245 e. The third-order valence-electron chi connectivity index (χ3n) is 3.66. The molecule has 0 spiro atoms. The summed E-state index contributed by atoms with van der Waals surface area (Å²) in [6.45, 7) is 0. The van der Waals surface area contributed by atoms with Gasteiger partial charge in [0.25, 0.3) is 0 Å². The fourth-order valence-electron chi connectivity index (χ4n) is 2.73. The number of hydrogen-bond donors (Lipinski definition) is 0. The molecule has 3 nitrogen and oxygen atoms in total. The number of aryl methyl sites for hydroxylation is 2. The van der Waals surface area contributed by atoms with E-state index in [1.54, 1.807) is 11.0 Å². The van der Waals surface area contributed by atoms with Gasteiger partial charge in [0, 0.05) is 5.02 Å². The Bertz CT molecular complexity index is 749. The zero-order valence-corrected chi connectivity index (χ0v) is 12.1. The molecule has 1 heterocycles. The van der Waals surface area contributed by atoms with Crippen molar-refractivity contribution in [3.63, 3.8) is 0 Å². The Balaban J connectivity index is 2.20. The van der Waals surface area contributed by atoms with Gasteiger partial charge in [0.2, 0.25) is 5.91 Å². The van der Waals surface area contributed by atoms with E-state index in [4.69, 9.17) is 16.9 Å². The molecule has 0 N–H and O–H groups in total. The standard InChI is InChI=1S/C17H13ClN2O/c18-14-7-8-16-13(11-14)6-5-12-3-1-2-4-15(12)20(16)17(21)9-10-19/h1-4,7-8,11H,5-6,9H2. The Kier molecular flexibility index (Phi) is 3.64. The summed E-state index contributed by atoms with van der Waals surface area (Å²) in [6.07, 6.45) is 1.53. The highest BCUT2D eigenvalue weighted by Gasteiger charge is 2.25. The number of hydrogen-bond acceptors (Lipinski definition) is 2. The number of carbonyl (C=O) groups is 1. The van der Waals surface area contributed by atoms with Crippen molar-refractivity contribution in [3.8, 4) is 6.07 Å². The van der Waals surface area contributed by atoms with Crippen LogP contribution >= 0.6 is 11.6 Å².